The Morgan fingerprint density at radius 2 is 1.70 bits per heavy atom. The summed E-state index contributed by atoms with van der Waals surface area (Å²) in [6, 6.07) is 7.60. The molecule has 0 N–H and O–H groups in total. The molecule has 232 valence electrons. The van der Waals surface area contributed by atoms with Crippen molar-refractivity contribution in [3.63, 3.8) is 0 Å². The Labute approximate surface area is 263 Å². The Hall–Kier alpha value is -4.18. The highest BCUT2D eigenvalue weighted by Crippen LogP contribution is 2.40. The van der Waals surface area contributed by atoms with Crippen LogP contribution >= 0.6 is 11.6 Å². The van der Waals surface area contributed by atoms with Crippen LogP contribution in [0.25, 0.3) is 11.3 Å². The van der Waals surface area contributed by atoms with Gasteiger partial charge in [0, 0.05) is 37.8 Å². The minimum absolute atomic E-state index is 0.0513. The van der Waals surface area contributed by atoms with Crippen LogP contribution in [0.3, 0.4) is 0 Å². The van der Waals surface area contributed by atoms with E-state index in [1.165, 1.54) is 23.4 Å². The van der Waals surface area contributed by atoms with Gasteiger partial charge in [-0.1, -0.05) is 58.0 Å². The maximum Gasteiger partial charge on any atom is 0.246 e. The number of hydrogen-bond acceptors (Lipinski definition) is 6. The van der Waals surface area contributed by atoms with E-state index in [-0.39, 0.29) is 51.9 Å². The lowest BCUT2D eigenvalue weighted by atomic mass is 9.99. The molecule has 0 bridgehead atoms. The zero-order valence-electron chi connectivity index (χ0n) is 26.3. The van der Waals surface area contributed by atoms with Crippen LogP contribution in [0.15, 0.2) is 54.3 Å². The molecule has 0 spiro atoms. The van der Waals surface area contributed by atoms with E-state index in [1.54, 1.807) is 36.2 Å². The normalized spacial score (nSPS) is 17.3. The minimum Gasteiger partial charge on any atom is -0.347 e. The molecule has 1 aliphatic heterocycles. The second-order valence-electron chi connectivity index (χ2n) is 11.5. The van der Waals surface area contributed by atoms with Gasteiger partial charge >= 0.3 is 0 Å². The number of amidine groups is 1. The standard InChI is InChI=1S/C33H39ClFN7O2/c1-9-27(44)40-15-21(6)42(22(7)16-40)32(36-8)24-14-25(34)30(23-12-10-11-13-26(23)35)39-33(24)41(18-43)31-28(19(2)3)37-17-38-29(31)20(4)5/h9-14,17-22H,1,15-16H2,2-8H3. The van der Waals surface area contributed by atoms with Crippen molar-refractivity contribution in [1.29, 1.82) is 0 Å². The number of amides is 2. The van der Waals surface area contributed by atoms with Crippen LogP contribution in [0.5, 0.6) is 0 Å². The van der Waals surface area contributed by atoms with Crippen LogP contribution in [0.1, 0.15) is 70.3 Å². The van der Waals surface area contributed by atoms with Crippen molar-refractivity contribution in [1.82, 2.24) is 24.8 Å². The number of benzene rings is 1. The summed E-state index contributed by atoms with van der Waals surface area (Å²) in [5.41, 5.74) is 2.70. The molecule has 2 aromatic heterocycles. The highest BCUT2D eigenvalue weighted by atomic mass is 35.5. The van der Waals surface area contributed by atoms with Crippen LogP contribution in [0, 0.1) is 5.82 Å². The van der Waals surface area contributed by atoms with E-state index in [4.69, 9.17) is 21.6 Å². The predicted octanol–water partition coefficient (Wildman–Crippen LogP) is 6.36. The van der Waals surface area contributed by atoms with E-state index < -0.39 is 5.82 Å². The van der Waals surface area contributed by atoms with E-state index in [0.717, 1.165) is 0 Å². The van der Waals surface area contributed by atoms with Crippen molar-refractivity contribution >= 4 is 41.3 Å². The van der Waals surface area contributed by atoms with Gasteiger partial charge < -0.3 is 9.80 Å². The molecule has 3 aromatic rings. The lowest BCUT2D eigenvalue weighted by molar-refractivity contribution is -0.129. The average molecular weight is 620 g/mol. The second-order valence-corrected chi connectivity index (χ2v) is 12.0. The fourth-order valence-corrected chi connectivity index (χ4v) is 6.05. The maximum absolute atomic E-state index is 15.1. The van der Waals surface area contributed by atoms with Crippen LogP contribution in [0.2, 0.25) is 5.02 Å². The van der Waals surface area contributed by atoms with Crippen LogP contribution in [-0.4, -0.2) is 75.1 Å². The molecule has 4 rings (SSSR count). The monoisotopic (exact) mass is 619 g/mol. The Kier molecular flexibility index (Phi) is 10.1. The molecule has 1 aliphatic rings. The Balaban J connectivity index is 2.02. The number of rotatable bonds is 8. The third-order valence-electron chi connectivity index (χ3n) is 7.73. The Morgan fingerprint density at radius 1 is 1.11 bits per heavy atom. The van der Waals surface area contributed by atoms with Crippen LogP contribution in [0.4, 0.5) is 15.9 Å². The molecule has 2 unspecified atom stereocenters. The molecule has 1 saturated heterocycles. The maximum atomic E-state index is 15.1. The lowest BCUT2D eigenvalue weighted by Gasteiger charge is -2.46. The molecule has 11 heteroatoms. The zero-order valence-corrected chi connectivity index (χ0v) is 27.0. The fraction of sp³-hybridized carbons (Fsp3) is 0.394. The Bertz CT molecular complexity index is 1550. The fourth-order valence-electron chi connectivity index (χ4n) is 5.80. The molecular weight excluding hydrogens is 581 g/mol. The summed E-state index contributed by atoms with van der Waals surface area (Å²) in [6.07, 6.45) is 3.50. The highest BCUT2D eigenvalue weighted by Gasteiger charge is 2.36. The molecule has 1 aromatic carbocycles. The highest BCUT2D eigenvalue weighted by molar-refractivity contribution is 6.33. The van der Waals surface area contributed by atoms with Gasteiger partial charge in [-0.05, 0) is 50.0 Å². The molecule has 0 saturated carbocycles. The molecule has 3 heterocycles. The first-order chi connectivity index (χ1) is 20.9. The van der Waals surface area contributed by atoms with Gasteiger partial charge in [0.2, 0.25) is 12.3 Å². The van der Waals surface area contributed by atoms with E-state index in [1.807, 2.05) is 41.5 Å². The molecule has 0 aliphatic carbocycles. The molecule has 2 amide bonds. The largest absolute Gasteiger partial charge is 0.347 e. The summed E-state index contributed by atoms with van der Waals surface area (Å²) >= 11 is 6.86. The van der Waals surface area contributed by atoms with Crippen molar-refractivity contribution < 1.29 is 14.0 Å². The van der Waals surface area contributed by atoms with Crippen molar-refractivity contribution in [2.24, 2.45) is 4.99 Å². The summed E-state index contributed by atoms with van der Waals surface area (Å²) in [5.74, 6) is -0.000596. The van der Waals surface area contributed by atoms with E-state index in [2.05, 4.69) is 21.4 Å². The number of piperazine rings is 1. The predicted molar refractivity (Wildman–Crippen MR) is 173 cm³/mol. The number of aliphatic imine (C=N–C) groups is 1. The first kappa shape index (κ1) is 32.7. The van der Waals surface area contributed by atoms with E-state index in [0.29, 0.717) is 48.0 Å². The smallest absolute Gasteiger partial charge is 0.246 e. The van der Waals surface area contributed by atoms with Gasteiger partial charge in [0.05, 0.1) is 33.4 Å². The van der Waals surface area contributed by atoms with Crippen LogP contribution < -0.4 is 4.90 Å². The van der Waals surface area contributed by atoms with Crippen molar-refractivity contribution in [2.45, 2.75) is 65.5 Å². The van der Waals surface area contributed by atoms with Crippen LogP contribution in [-0.2, 0) is 9.59 Å². The summed E-state index contributed by atoms with van der Waals surface area (Å²) in [6.45, 7) is 16.5. The summed E-state index contributed by atoms with van der Waals surface area (Å²) in [4.78, 5) is 49.7. The van der Waals surface area contributed by atoms with Gasteiger partial charge in [0.15, 0.2) is 5.82 Å². The topological polar surface area (TPSA) is 94.9 Å². The number of hydrogen-bond donors (Lipinski definition) is 0. The summed E-state index contributed by atoms with van der Waals surface area (Å²) < 4.78 is 15.1. The number of halogens is 2. The number of carbonyl (C=O) groups is 2. The third-order valence-corrected chi connectivity index (χ3v) is 8.02. The second kappa shape index (κ2) is 13.6. The molecule has 2 atom stereocenters. The molecule has 44 heavy (non-hydrogen) atoms. The van der Waals surface area contributed by atoms with Crippen molar-refractivity contribution in [3.05, 3.63) is 77.1 Å². The van der Waals surface area contributed by atoms with Crippen molar-refractivity contribution in [2.75, 3.05) is 25.0 Å². The SMILES string of the molecule is C=CC(=O)N1CC(C)N(C(=NC)c2cc(Cl)c(-c3ccccc3F)nc2N(C=O)c2c(C(C)C)ncnc2C(C)C)C(C)C1. The minimum atomic E-state index is -0.498. The van der Waals surface area contributed by atoms with Gasteiger partial charge in [-0.15, -0.1) is 0 Å². The van der Waals surface area contributed by atoms with Gasteiger partial charge in [-0.25, -0.2) is 19.3 Å². The number of pyridine rings is 1. The number of anilines is 2. The quantitative estimate of drug-likeness (QED) is 0.126. The molecule has 1 fully saturated rings. The molecule has 0 radical (unpaired) electrons. The number of nitrogens with zero attached hydrogens (tertiary/aromatic N) is 7. The van der Waals surface area contributed by atoms with Gasteiger partial charge in [-0.2, -0.15) is 0 Å². The van der Waals surface area contributed by atoms with Gasteiger partial charge in [0.25, 0.3) is 0 Å². The molecule has 9 nitrogen and oxygen atoms in total. The van der Waals surface area contributed by atoms with Gasteiger partial charge in [0.1, 0.15) is 18.0 Å². The number of aromatic nitrogens is 3. The summed E-state index contributed by atoms with van der Waals surface area (Å²) in [5, 5.41) is 0.194. The van der Waals surface area contributed by atoms with Crippen molar-refractivity contribution in [3.8, 4) is 11.3 Å². The van der Waals surface area contributed by atoms with E-state index in [9.17, 15) is 9.59 Å². The zero-order chi connectivity index (χ0) is 32.3. The summed E-state index contributed by atoms with van der Waals surface area (Å²) in [7, 11) is 1.66. The Morgan fingerprint density at radius 3 is 2.20 bits per heavy atom. The van der Waals surface area contributed by atoms with Gasteiger partial charge in [-0.3, -0.25) is 19.5 Å². The van der Waals surface area contributed by atoms with E-state index >= 15 is 4.39 Å². The molecular formula is C33H39ClFN7O2. The average Bonchev–Trinajstić information content (AvgIpc) is 2.99. The lowest BCUT2D eigenvalue weighted by Crippen LogP contribution is -2.59. The first-order valence-corrected chi connectivity index (χ1v) is 15.0. The number of carbonyl (C=O) groups excluding carboxylic acids is 2. The third kappa shape index (κ3) is 6.22. The first-order valence-electron chi connectivity index (χ1n) is 14.7.